The lowest BCUT2D eigenvalue weighted by molar-refractivity contribution is -0.123. The van der Waals surface area contributed by atoms with Gasteiger partial charge in [-0.1, -0.05) is 24.3 Å². The molecule has 1 aromatic rings. The van der Waals surface area contributed by atoms with Crippen molar-refractivity contribution in [2.24, 2.45) is 0 Å². The monoisotopic (exact) mass is 192 g/mol. The van der Waals surface area contributed by atoms with E-state index in [2.05, 4.69) is 10.9 Å². The molecule has 2 N–H and O–H groups in total. The van der Waals surface area contributed by atoms with Crippen LogP contribution in [-0.4, -0.2) is 13.0 Å². The van der Waals surface area contributed by atoms with Gasteiger partial charge in [-0.05, 0) is 25.0 Å². The van der Waals surface area contributed by atoms with Crippen molar-refractivity contribution >= 4 is 5.91 Å². The van der Waals surface area contributed by atoms with Crippen molar-refractivity contribution in [2.45, 2.75) is 19.8 Å². The minimum Gasteiger partial charge on any atom is -0.291 e. The Morgan fingerprint density at radius 1 is 1.36 bits per heavy atom. The quantitative estimate of drug-likeness (QED) is 0.710. The molecule has 1 amide bonds. The summed E-state index contributed by atoms with van der Waals surface area (Å²) in [6.07, 6.45) is 0. The topological polar surface area (TPSA) is 41.1 Å². The fourth-order valence-corrected chi connectivity index (χ4v) is 1.45. The van der Waals surface area contributed by atoms with Gasteiger partial charge in [-0.3, -0.25) is 10.2 Å². The maximum atomic E-state index is 11.5. The molecule has 1 atom stereocenters. The predicted octanol–water partition coefficient (Wildman–Crippen LogP) is 1.35. The van der Waals surface area contributed by atoms with Crippen molar-refractivity contribution < 1.29 is 4.79 Å². The fraction of sp³-hybridized carbons (Fsp3) is 0.364. The molecule has 1 aromatic carbocycles. The molecule has 1 rings (SSSR count). The van der Waals surface area contributed by atoms with Crippen LogP contribution < -0.4 is 10.9 Å². The Bertz CT molecular complexity index is 323. The number of hydrogen-bond donors (Lipinski definition) is 2. The lowest BCUT2D eigenvalue weighted by Gasteiger charge is -2.13. The molecular weight excluding hydrogens is 176 g/mol. The average molecular weight is 192 g/mol. The molecule has 76 valence electrons. The second-order valence-corrected chi connectivity index (χ2v) is 3.32. The van der Waals surface area contributed by atoms with Crippen LogP contribution in [0.2, 0.25) is 0 Å². The van der Waals surface area contributed by atoms with Gasteiger partial charge in [0.2, 0.25) is 5.91 Å². The molecule has 14 heavy (non-hydrogen) atoms. The molecule has 0 fully saturated rings. The minimum atomic E-state index is -0.122. The van der Waals surface area contributed by atoms with Crippen molar-refractivity contribution in [3.63, 3.8) is 0 Å². The molecule has 0 aliphatic heterocycles. The molecule has 0 bridgehead atoms. The van der Waals surface area contributed by atoms with E-state index in [0.29, 0.717) is 0 Å². The summed E-state index contributed by atoms with van der Waals surface area (Å²) < 4.78 is 0. The van der Waals surface area contributed by atoms with Gasteiger partial charge in [-0.15, -0.1) is 0 Å². The minimum absolute atomic E-state index is 0.0122. The van der Waals surface area contributed by atoms with Crippen LogP contribution in [0.4, 0.5) is 0 Å². The van der Waals surface area contributed by atoms with Gasteiger partial charge in [0, 0.05) is 7.05 Å². The van der Waals surface area contributed by atoms with E-state index in [1.807, 2.05) is 38.1 Å². The van der Waals surface area contributed by atoms with Gasteiger partial charge in [0.05, 0.1) is 5.92 Å². The molecule has 0 aliphatic carbocycles. The molecule has 0 heterocycles. The predicted molar refractivity (Wildman–Crippen MR) is 56.8 cm³/mol. The van der Waals surface area contributed by atoms with Crippen LogP contribution in [0.3, 0.4) is 0 Å². The van der Waals surface area contributed by atoms with Crippen molar-refractivity contribution in [1.29, 1.82) is 0 Å². The smallest absolute Gasteiger partial charge is 0.241 e. The second kappa shape index (κ2) is 4.77. The Morgan fingerprint density at radius 2 is 2.00 bits per heavy atom. The highest BCUT2D eigenvalue weighted by atomic mass is 16.2. The Balaban J connectivity index is 2.84. The first-order valence-corrected chi connectivity index (χ1v) is 4.69. The van der Waals surface area contributed by atoms with E-state index in [9.17, 15) is 4.79 Å². The van der Waals surface area contributed by atoms with Crippen molar-refractivity contribution in [3.8, 4) is 0 Å². The summed E-state index contributed by atoms with van der Waals surface area (Å²) in [6, 6.07) is 7.92. The fourth-order valence-electron chi connectivity index (χ4n) is 1.45. The first kappa shape index (κ1) is 10.7. The third kappa shape index (κ3) is 2.33. The van der Waals surface area contributed by atoms with E-state index in [0.717, 1.165) is 11.1 Å². The van der Waals surface area contributed by atoms with E-state index < -0.39 is 0 Å². The molecule has 0 aromatic heterocycles. The summed E-state index contributed by atoms with van der Waals surface area (Å²) in [4.78, 5) is 11.5. The lowest BCUT2D eigenvalue weighted by Crippen LogP contribution is -2.37. The van der Waals surface area contributed by atoms with Gasteiger partial charge < -0.3 is 0 Å². The zero-order chi connectivity index (χ0) is 10.6. The van der Waals surface area contributed by atoms with E-state index in [1.54, 1.807) is 7.05 Å². The molecule has 3 heteroatoms. The number of carbonyl (C=O) groups is 1. The zero-order valence-corrected chi connectivity index (χ0v) is 8.79. The summed E-state index contributed by atoms with van der Waals surface area (Å²) in [5.74, 6) is -0.134. The highest BCUT2D eigenvalue weighted by Crippen LogP contribution is 2.18. The van der Waals surface area contributed by atoms with Crippen LogP contribution in [0.5, 0.6) is 0 Å². The van der Waals surface area contributed by atoms with Crippen LogP contribution >= 0.6 is 0 Å². The number of rotatable bonds is 3. The van der Waals surface area contributed by atoms with Crippen LogP contribution in [0.25, 0.3) is 0 Å². The number of aryl methyl sites for hydroxylation is 1. The Kier molecular flexibility index (Phi) is 3.65. The first-order chi connectivity index (χ1) is 6.66. The van der Waals surface area contributed by atoms with Gasteiger partial charge >= 0.3 is 0 Å². The summed E-state index contributed by atoms with van der Waals surface area (Å²) >= 11 is 0. The first-order valence-electron chi connectivity index (χ1n) is 4.69. The van der Waals surface area contributed by atoms with Gasteiger partial charge in [0.15, 0.2) is 0 Å². The van der Waals surface area contributed by atoms with Crippen LogP contribution in [0, 0.1) is 6.92 Å². The Labute approximate surface area is 84.5 Å². The van der Waals surface area contributed by atoms with E-state index >= 15 is 0 Å². The lowest BCUT2D eigenvalue weighted by atomic mass is 9.96. The third-order valence-electron chi connectivity index (χ3n) is 2.30. The van der Waals surface area contributed by atoms with Crippen LogP contribution in [-0.2, 0) is 4.79 Å². The normalized spacial score (nSPS) is 12.2. The second-order valence-electron chi connectivity index (χ2n) is 3.32. The number of amides is 1. The molecule has 0 saturated heterocycles. The highest BCUT2D eigenvalue weighted by molar-refractivity contribution is 5.83. The highest BCUT2D eigenvalue weighted by Gasteiger charge is 2.15. The SMILES string of the molecule is CNNC(=O)C(C)c1ccccc1C. The Hall–Kier alpha value is -1.35. The molecule has 0 aliphatic rings. The molecule has 0 spiro atoms. The summed E-state index contributed by atoms with van der Waals surface area (Å²) in [7, 11) is 1.68. The maximum absolute atomic E-state index is 11.5. The third-order valence-corrected chi connectivity index (χ3v) is 2.30. The molecule has 1 unspecified atom stereocenters. The van der Waals surface area contributed by atoms with Gasteiger partial charge in [0.25, 0.3) is 0 Å². The molecule has 3 nitrogen and oxygen atoms in total. The largest absolute Gasteiger partial charge is 0.291 e. The standard InChI is InChI=1S/C11H16N2O/c1-8-6-4-5-7-10(8)9(2)11(14)13-12-3/h4-7,9,12H,1-3H3,(H,13,14). The summed E-state index contributed by atoms with van der Waals surface area (Å²) in [5, 5.41) is 0. The number of nitrogens with one attached hydrogen (secondary N) is 2. The number of carbonyl (C=O) groups excluding carboxylic acids is 1. The van der Waals surface area contributed by atoms with E-state index in [-0.39, 0.29) is 11.8 Å². The average Bonchev–Trinajstić information content (AvgIpc) is 2.18. The molecular formula is C11H16N2O. The van der Waals surface area contributed by atoms with Crippen molar-refractivity contribution in [1.82, 2.24) is 10.9 Å². The van der Waals surface area contributed by atoms with Gasteiger partial charge in [-0.25, -0.2) is 5.43 Å². The Morgan fingerprint density at radius 3 is 2.57 bits per heavy atom. The number of hydrazine groups is 1. The summed E-state index contributed by atoms with van der Waals surface area (Å²) in [5.41, 5.74) is 7.43. The maximum Gasteiger partial charge on any atom is 0.241 e. The number of hydrogen-bond acceptors (Lipinski definition) is 2. The van der Waals surface area contributed by atoms with E-state index in [4.69, 9.17) is 0 Å². The van der Waals surface area contributed by atoms with Gasteiger partial charge in [0.1, 0.15) is 0 Å². The van der Waals surface area contributed by atoms with Crippen molar-refractivity contribution in [2.75, 3.05) is 7.05 Å². The van der Waals surface area contributed by atoms with Crippen molar-refractivity contribution in [3.05, 3.63) is 35.4 Å². The zero-order valence-electron chi connectivity index (χ0n) is 8.79. The van der Waals surface area contributed by atoms with Crippen LogP contribution in [0.15, 0.2) is 24.3 Å². The van der Waals surface area contributed by atoms with Crippen LogP contribution in [0.1, 0.15) is 24.0 Å². The summed E-state index contributed by atoms with van der Waals surface area (Å²) in [6.45, 7) is 3.91. The number of benzene rings is 1. The van der Waals surface area contributed by atoms with E-state index in [1.165, 1.54) is 0 Å². The van der Waals surface area contributed by atoms with Gasteiger partial charge in [-0.2, -0.15) is 0 Å². The molecule has 0 radical (unpaired) electrons. The molecule has 0 saturated carbocycles.